The molecule has 4 aromatic carbocycles. The number of nitrogen functional groups attached to an aromatic ring is 1. The molecule has 0 spiro atoms. The summed E-state index contributed by atoms with van der Waals surface area (Å²) < 4.78 is 69.5. The van der Waals surface area contributed by atoms with Crippen molar-refractivity contribution in [2.24, 2.45) is 20.4 Å². The summed E-state index contributed by atoms with van der Waals surface area (Å²) in [5, 5.41) is 37.8. The van der Waals surface area contributed by atoms with Crippen LogP contribution in [0.15, 0.2) is 139 Å². The summed E-state index contributed by atoms with van der Waals surface area (Å²) in [5.41, 5.74) is 9.88. The number of rotatable bonds is 10. The predicted molar refractivity (Wildman–Crippen MR) is 204 cm³/mol. The van der Waals surface area contributed by atoms with Crippen molar-refractivity contribution < 1.29 is 50.5 Å². The number of nitrogens with two attached hydrogens (primary N) is 1. The summed E-state index contributed by atoms with van der Waals surface area (Å²) in [6.07, 6.45) is 4.16. The molecule has 0 radical (unpaired) electrons. The third-order valence-corrected chi connectivity index (χ3v) is 9.60. The van der Waals surface area contributed by atoms with E-state index in [1.807, 2.05) is 0 Å². The van der Waals surface area contributed by atoms with E-state index < -0.39 is 70.4 Å². The number of nitrogens with one attached hydrogen (secondary N) is 3. The van der Waals surface area contributed by atoms with E-state index in [9.17, 15) is 50.5 Å². The molecule has 0 bridgehead atoms. The molecule has 0 saturated heterocycles. The van der Waals surface area contributed by atoms with Crippen LogP contribution in [0.4, 0.5) is 34.1 Å². The first-order valence-electron chi connectivity index (χ1n) is 15.7. The predicted octanol–water partition coefficient (Wildman–Crippen LogP) is 5.34. The molecular weight excluding hydrogens is 773 g/mol. The molecule has 1 amide bonds. The van der Waals surface area contributed by atoms with Crippen molar-refractivity contribution in [2.45, 2.75) is 9.79 Å². The number of carbonyl (C=O) groups is 3. The quantitative estimate of drug-likeness (QED) is 0.0330. The number of carbonyl (C=O) groups excluding carboxylic acids is 3. The molecular formula is C35H26N8O11S2. The Labute approximate surface area is 316 Å². The molecule has 0 aliphatic heterocycles. The first kappa shape index (κ1) is 38.4. The Balaban J connectivity index is 1.25. The Kier molecular flexibility index (Phi) is 10.4. The molecule has 0 heterocycles. The van der Waals surface area contributed by atoms with Gasteiger partial charge < -0.3 is 21.3 Å². The van der Waals surface area contributed by atoms with E-state index in [0.29, 0.717) is 11.4 Å². The van der Waals surface area contributed by atoms with Crippen LogP contribution in [0.5, 0.6) is 0 Å². The summed E-state index contributed by atoms with van der Waals surface area (Å²) in [4.78, 5) is 36.3. The first-order valence-corrected chi connectivity index (χ1v) is 18.6. The second kappa shape index (κ2) is 15.2. The highest BCUT2D eigenvalue weighted by atomic mass is 32.2. The van der Waals surface area contributed by atoms with E-state index in [-0.39, 0.29) is 39.5 Å². The van der Waals surface area contributed by atoms with Crippen LogP contribution in [-0.2, 0) is 25.0 Å². The van der Waals surface area contributed by atoms with Gasteiger partial charge in [-0.15, -0.1) is 10.2 Å². The van der Waals surface area contributed by atoms with Crippen molar-refractivity contribution >= 4 is 89.3 Å². The van der Waals surface area contributed by atoms with Crippen molar-refractivity contribution in [3.05, 3.63) is 125 Å². The van der Waals surface area contributed by atoms with Crippen molar-refractivity contribution in [1.82, 2.24) is 0 Å². The fraction of sp³-hybridized carbons (Fsp3) is 0. The number of hydrogen-bond donors (Lipinski definition) is 8. The van der Waals surface area contributed by atoms with Crippen LogP contribution in [0.25, 0.3) is 6.08 Å². The number of para-hydroxylation sites is 1. The van der Waals surface area contributed by atoms with Gasteiger partial charge in [0.25, 0.3) is 26.1 Å². The zero-order chi connectivity index (χ0) is 40.4. The first-order chi connectivity index (χ1) is 26.5. The second-order valence-electron chi connectivity index (χ2n) is 11.6. The molecule has 2 aliphatic carbocycles. The molecule has 56 heavy (non-hydrogen) atoms. The van der Waals surface area contributed by atoms with E-state index in [1.54, 1.807) is 30.3 Å². The van der Waals surface area contributed by atoms with Crippen molar-refractivity contribution in [3.63, 3.8) is 0 Å². The van der Waals surface area contributed by atoms with Crippen LogP contribution in [-0.4, -0.2) is 65.1 Å². The molecule has 0 saturated carbocycles. The third-order valence-electron chi connectivity index (χ3n) is 7.82. The fourth-order valence-electron chi connectivity index (χ4n) is 5.18. The highest BCUT2D eigenvalue weighted by Gasteiger charge is 2.31. The molecule has 0 atom stereocenters. The summed E-state index contributed by atoms with van der Waals surface area (Å²) >= 11 is 0. The van der Waals surface area contributed by atoms with Gasteiger partial charge in [-0.3, -0.25) is 34.3 Å². The molecule has 6 rings (SSSR count). The van der Waals surface area contributed by atoms with E-state index in [1.165, 1.54) is 42.5 Å². The Bertz CT molecular complexity index is 2720. The number of aliphatic hydroxyl groups excluding tert-OH is 2. The fourth-order valence-corrected chi connectivity index (χ4v) is 6.53. The number of azo groups is 1. The number of Topliss-reactive ketones (excluding diaryl/α,β-unsaturated/α-hetero) is 1. The van der Waals surface area contributed by atoms with E-state index in [0.717, 1.165) is 30.4 Å². The Morgan fingerprint density at radius 1 is 0.679 bits per heavy atom. The number of fused-ring (bicyclic) bond motifs is 1. The Morgan fingerprint density at radius 3 is 1.91 bits per heavy atom. The van der Waals surface area contributed by atoms with Crippen molar-refractivity contribution in [2.75, 3.05) is 21.9 Å². The van der Waals surface area contributed by atoms with Gasteiger partial charge in [-0.2, -0.15) is 27.0 Å². The largest absolute Gasteiger partial charge is 0.505 e. The number of ketones is 2. The van der Waals surface area contributed by atoms with Gasteiger partial charge >= 0.3 is 0 Å². The number of hydrazone groups is 2. The molecule has 4 aromatic rings. The van der Waals surface area contributed by atoms with Gasteiger partial charge in [0.2, 0.25) is 5.78 Å². The lowest BCUT2D eigenvalue weighted by molar-refractivity contribution is -0.110. The zero-order valence-corrected chi connectivity index (χ0v) is 29.8. The molecule has 0 aromatic heterocycles. The summed E-state index contributed by atoms with van der Waals surface area (Å²) in [7, 11) is -10.0. The van der Waals surface area contributed by atoms with Gasteiger partial charge in [-0.1, -0.05) is 24.3 Å². The van der Waals surface area contributed by atoms with Crippen LogP contribution < -0.4 is 21.9 Å². The average Bonchev–Trinajstić information content (AvgIpc) is 3.14. The zero-order valence-electron chi connectivity index (χ0n) is 28.1. The smallest absolute Gasteiger partial charge is 0.296 e. The number of aliphatic hydroxyl groups is 2. The van der Waals surface area contributed by atoms with Crippen LogP contribution in [0.3, 0.4) is 0 Å². The molecule has 9 N–H and O–H groups in total. The number of nitrogens with zero attached hydrogens (tertiary/aromatic N) is 4. The highest BCUT2D eigenvalue weighted by Crippen LogP contribution is 2.39. The molecule has 2 aliphatic rings. The molecule has 0 fully saturated rings. The van der Waals surface area contributed by atoms with Gasteiger partial charge in [0, 0.05) is 29.0 Å². The highest BCUT2D eigenvalue weighted by molar-refractivity contribution is 7.86. The maximum atomic E-state index is 13.5. The number of allylic oxidation sites excluding steroid dienone is 3. The van der Waals surface area contributed by atoms with Gasteiger partial charge in [0.1, 0.15) is 26.9 Å². The maximum absolute atomic E-state index is 13.5. The van der Waals surface area contributed by atoms with Crippen molar-refractivity contribution in [1.29, 1.82) is 0 Å². The Morgan fingerprint density at radius 2 is 1.27 bits per heavy atom. The molecule has 21 heteroatoms. The van der Waals surface area contributed by atoms with E-state index in [2.05, 4.69) is 36.6 Å². The normalized spacial score (nSPS) is 15.0. The third kappa shape index (κ3) is 8.40. The van der Waals surface area contributed by atoms with E-state index >= 15 is 0 Å². The number of benzene rings is 4. The lowest BCUT2D eigenvalue weighted by Gasteiger charge is -2.17. The van der Waals surface area contributed by atoms with Crippen LogP contribution in [0, 0.1) is 0 Å². The lowest BCUT2D eigenvalue weighted by atomic mass is 9.92. The Hall–Kier alpha value is -7.33. The van der Waals surface area contributed by atoms with Crippen LogP contribution in [0.2, 0.25) is 0 Å². The summed E-state index contributed by atoms with van der Waals surface area (Å²) in [5.74, 6) is -3.30. The van der Waals surface area contributed by atoms with Crippen LogP contribution in [0.1, 0.15) is 26.3 Å². The van der Waals surface area contributed by atoms with Gasteiger partial charge in [0.15, 0.2) is 23.0 Å². The SMILES string of the molecule is Nc1c(N=Nc2ccc(NC(=O)c3ccc(NN=C4C(O)=CC(=O)C=C4O)cc3)cc2S(=O)(=O)O)cc(S(=O)(=O)O)c2c1C(=O)/C(=N\Nc1ccccc1)C=C2. The van der Waals surface area contributed by atoms with Gasteiger partial charge in [-0.25, -0.2) is 0 Å². The monoisotopic (exact) mass is 798 g/mol. The minimum Gasteiger partial charge on any atom is -0.505 e. The minimum atomic E-state index is -5.04. The molecule has 0 unspecified atom stereocenters. The molecule has 19 nitrogen and oxygen atoms in total. The topological polar surface area (TPSA) is 312 Å². The van der Waals surface area contributed by atoms with Crippen LogP contribution >= 0.6 is 0 Å². The summed E-state index contributed by atoms with van der Waals surface area (Å²) in [6.45, 7) is 0. The lowest BCUT2D eigenvalue weighted by Crippen LogP contribution is -2.21. The second-order valence-corrected chi connectivity index (χ2v) is 14.4. The standard InChI is InChI=1S/C35H26N8O11S2/c36-32-26(17-29(55(49,50)51)23-11-13-25(34(47)31(23)32)41-38-19-4-2-1-3-5-19)42-40-24-12-10-21(14-30(24)56(52,53)54)37-35(48)18-6-8-20(9-7-18)39-43-33-27(45)15-22(44)16-28(33)46/h1-17,38-39,45-46H,36H2,(H,37,48)(H,49,50,51)(H,52,53,54)/b41-25-,42-40?. The van der Waals surface area contributed by atoms with Gasteiger partial charge in [0.05, 0.1) is 22.6 Å². The number of amides is 1. The van der Waals surface area contributed by atoms with Crippen molar-refractivity contribution in [3.8, 4) is 0 Å². The number of anilines is 4. The maximum Gasteiger partial charge on any atom is 0.296 e. The van der Waals surface area contributed by atoms with E-state index in [4.69, 9.17) is 5.73 Å². The summed E-state index contributed by atoms with van der Waals surface area (Å²) in [6, 6.07) is 18.1. The molecule has 284 valence electrons. The average molecular weight is 799 g/mol. The van der Waals surface area contributed by atoms with Gasteiger partial charge in [-0.05, 0) is 66.7 Å². The minimum absolute atomic E-state index is 0.0834. The number of hydrogen-bond acceptors (Lipinski definition) is 16.